The van der Waals surface area contributed by atoms with E-state index < -0.39 is 0 Å². The van der Waals surface area contributed by atoms with E-state index in [4.69, 9.17) is 4.74 Å². The molecule has 0 saturated carbocycles. The van der Waals surface area contributed by atoms with E-state index in [-0.39, 0.29) is 17.2 Å². The van der Waals surface area contributed by atoms with Crippen molar-refractivity contribution in [3.63, 3.8) is 0 Å². The maximum absolute atomic E-state index is 12.2. The highest BCUT2D eigenvalue weighted by atomic mass is 16.5. The van der Waals surface area contributed by atoms with Crippen molar-refractivity contribution in [2.24, 2.45) is 0 Å². The first kappa shape index (κ1) is 15.4. The predicted molar refractivity (Wildman–Crippen MR) is 89.6 cm³/mol. The molecule has 1 aliphatic rings. The van der Waals surface area contributed by atoms with Crippen LogP contribution in [0.1, 0.15) is 43.5 Å². The zero-order valence-corrected chi connectivity index (χ0v) is 13.5. The van der Waals surface area contributed by atoms with Crippen molar-refractivity contribution in [1.29, 1.82) is 5.26 Å². The van der Waals surface area contributed by atoms with Crippen molar-refractivity contribution < 1.29 is 4.74 Å². The van der Waals surface area contributed by atoms with Gasteiger partial charge in [0.25, 0.3) is 5.56 Å². The first-order chi connectivity index (χ1) is 11.1. The maximum atomic E-state index is 12.2. The molecule has 1 aliphatic carbocycles. The second kappa shape index (κ2) is 6.29. The van der Waals surface area contributed by atoms with Gasteiger partial charge in [0.15, 0.2) is 0 Å². The second-order valence-electron chi connectivity index (χ2n) is 6.17. The fraction of sp³-hybridized carbons (Fsp3) is 0.368. The Morgan fingerprint density at radius 3 is 2.52 bits per heavy atom. The molecule has 0 spiro atoms. The molecule has 0 amide bonds. The van der Waals surface area contributed by atoms with Gasteiger partial charge >= 0.3 is 0 Å². The minimum absolute atomic E-state index is 0.114. The summed E-state index contributed by atoms with van der Waals surface area (Å²) in [5.74, 6) is 0.793. The summed E-state index contributed by atoms with van der Waals surface area (Å²) >= 11 is 0. The van der Waals surface area contributed by atoms with Crippen LogP contribution in [0, 0.1) is 11.3 Å². The Labute approximate surface area is 135 Å². The Hall–Kier alpha value is -2.54. The van der Waals surface area contributed by atoms with Gasteiger partial charge in [-0.2, -0.15) is 5.26 Å². The lowest BCUT2D eigenvalue weighted by atomic mass is 9.91. The number of nitrogens with one attached hydrogen (secondary N) is 1. The Balaban J connectivity index is 2.13. The third-order valence-corrected chi connectivity index (χ3v) is 4.14. The number of nitriles is 1. The molecule has 3 rings (SSSR count). The number of pyridine rings is 1. The van der Waals surface area contributed by atoms with E-state index in [1.165, 1.54) is 0 Å². The standard InChI is InChI=1S/C19H20N2O2/c1-12(2)23-14-9-7-13(8-10-14)18-15-5-3-4-6-17(15)21-19(22)16(18)11-20/h7-10,12H,3-6H2,1-2H3,(H,21,22)/i16+1. The molecule has 2 aromatic rings. The highest BCUT2D eigenvalue weighted by Gasteiger charge is 2.21. The number of aryl methyl sites for hydroxylation is 1. The highest BCUT2D eigenvalue weighted by Crippen LogP contribution is 2.32. The van der Waals surface area contributed by atoms with Crippen LogP contribution < -0.4 is 10.3 Å². The summed E-state index contributed by atoms with van der Waals surface area (Å²) in [6.45, 7) is 3.96. The molecule has 4 heteroatoms. The summed E-state index contributed by atoms with van der Waals surface area (Å²) in [5, 5.41) is 9.44. The summed E-state index contributed by atoms with van der Waals surface area (Å²) in [5.41, 5.74) is 3.72. The molecule has 118 valence electrons. The SMILES string of the molecule is CC(C)Oc1ccc(-c2c3c([nH]c(=O)[13c]2C#N)CCCC3)cc1. The molecule has 4 nitrogen and oxygen atoms in total. The van der Waals surface area contributed by atoms with Crippen LogP contribution in [0.4, 0.5) is 0 Å². The zero-order chi connectivity index (χ0) is 16.4. The van der Waals surface area contributed by atoms with Gasteiger partial charge in [-0.15, -0.1) is 0 Å². The molecule has 23 heavy (non-hydrogen) atoms. The van der Waals surface area contributed by atoms with Gasteiger partial charge in [0.05, 0.1) is 6.10 Å². The van der Waals surface area contributed by atoms with Crippen LogP contribution in [-0.2, 0) is 12.8 Å². The molecule has 0 radical (unpaired) electrons. The molecule has 0 atom stereocenters. The fourth-order valence-corrected chi connectivity index (χ4v) is 3.18. The Bertz CT molecular complexity index is 811. The fourth-order valence-electron chi connectivity index (χ4n) is 3.18. The number of H-pyrrole nitrogens is 1. The minimum Gasteiger partial charge on any atom is -0.491 e. The van der Waals surface area contributed by atoms with E-state index in [0.29, 0.717) is 0 Å². The van der Waals surface area contributed by atoms with Gasteiger partial charge < -0.3 is 9.72 Å². The van der Waals surface area contributed by atoms with Gasteiger partial charge in [-0.25, -0.2) is 0 Å². The largest absolute Gasteiger partial charge is 0.491 e. The number of nitrogens with zero attached hydrogens (tertiary/aromatic N) is 1. The van der Waals surface area contributed by atoms with E-state index in [9.17, 15) is 10.1 Å². The van der Waals surface area contributed by atoms with E-state index in [0.717, 1.165) is 53.8 Å². The molecular formula is C19H20N2O2. The van der Waals surface area contributed by atoms with Crippen molar-refractivity contribution in [1.82, 2.24) is 4.98 Å². The van der Waals surface area contributed by atoms with Crippen molar-refractivity contribution in [2.45, 2.75) is 45.6 Å². The van der Waals surface area contributed by atoms with Crippen LogP contribution in [0.2, 0.25) is 0 Å². The zero-order valence-electron chi connectivity index (χ0n) is 13.5. The summed E-state index contributed by atoms with van der Waals surface area (Å²) in [6, 6.07) is 9.74. The van der Waals surface area contributed by atoms with Crippen molar-refractivity contribution in [2.75, 3.05) is 0 Å². The summed E-state index contributed by atoms with van der Waals surface area (Å²) in [6.07, 6.45) is 4.06. The lowest BCUT2D eigenvalue weighted by Crippen LogP contribution is -2.20. The Kier molecular flexibility index (Phi) is 4.20. The van der Waals surface area contributed by atoms with Crippen LogP contribution in [0.5, 0.6) is 5.75 Å². The number of hydrogen-bond acceptors (Lipinski definition) is 3. The average Bonchev–Trinajstić information content (AvgIpc) is 2.54. The van der Waals surface area contributed by atoms with Crippen molar-refractivity contribution >= 4 is 0 Å². The number of benzene rings is 1. The van der Waals surface area contributed by atoms with Crippen LogP contribution in [0.15, 0.2) is 29.1 Å². The van der Waals surface area contributed by atoms with Crippen LogP contribution >= 0.6 is 0 Å². The quantitative estimate of drug-likeness (QED) is 0.942. The molecule has 1 aromatic carbocycles. The number of ether oxygens (including phenoxy) is 1. The number of fused-ring (bicyclic) bond motifs is 1. The summed E-state index contributed by atoms with van der Waals surface area (Å²) in [4.78, 5) is 15.1. The molecular weight excluding hydrogens is 289 g/mol. The monoisotopic (exact) mass is 309 g/mol. The Morgan fingerprint density at radius 2 is 1.87 bits per heavy atom. The molecule has 0 bridgehead atoms. The number of rotatable bonds is 3. The van der Waals surface area contributed by atoms with Gasteiger partial charge in [0, 0.05) is 11.3 Å². The van der Waals surface area contributed by atoms with Gasteiger partial charge in [0.1, 0.15) is 17.4 Å². The third kappa shape index (κ3) is 3.00. The average molecular weight is 309 g/mol. The molecule has 0 unspecified atom stereocenters. The van der Waals surface area contributed by atoms with Crippen molar-refractivity contribution in [3.05, 3.63) is 51.4 Å². The first-order valence-corrected chi connectivity index (χ1v) is 8.05. The predicted octanol–water partition coefficient (Wildman–Crippen LogP) is 3.58. The van der Waals surface area contributed by atoms with Gasteiger partial charge in [-0.05, 0) is 62.8 Å². The van der Waals surface area contributed by atoms with Crippen LogP contribution in [0.3, 0.4) is 0 Å². The highest BCUT2D eigenvalue weighted by molar-refractivity contribution is 5.75. The van der Waals surface area contributed by atoms with Crippen LogP contribution in [-0.4, -0.2) is 11.1 Å². The molecule has 0 aliphatic heterocycles. The second-order valence-corrected chi connectivity index (χ2v) is 6.17. The van der Waals surface area contributed by atoms with Gasteiger partial charge in [-0.3, -0.25) is 4.79 Å². The van der Waals surface area contributed by atoms with Gasteiger partial charge in [-0.1, -0.05) is 12.1 Å². The van der Waals surface area contributed by atoms with E-state index in [1.54, 1.807) is 0 Å². The minimum atomic E-state index is -0.286. The number of hydrogen-bond donors (Lipinski definition) is 1. The lowest BCUT2D eigenvalue weighted by molar-refractivity contribution is 0.242. The summed E-state index contributed by atoms with van der Waals surface area (Å²) in [7, 11) is 0. The van der Waals surface area contributed by atoms with Crippen LogP contribution in [0.25, 0.3) is 11.1 Å². The number of aromatic nitrogens is 1. The maximum Gasteiger partial charge on any atom is 0.266 e. The van der Waals surface area contributed by atoms with E-state index in [1.807, 2.05) is 38.1 Å². The molecule has 0 fully saturated rings. The van der Waals surface area contributed by atoms with E-state index in [2.05, 4.69) is 11.1 Å². The lowest BCUT2D eigenvalue weighted by Gasteiger charge is -2.20. The topological polar surface area (TPSA) is 65.9 Å². The number of aromatic amines is 1. The molecule has 1 N–H and O–H groups in total. The molecule has 1 heterocycles. The molecule has 1 aromatic heterocycles. The van der Waals surface area contributed by atoms with Crippen molar-refractivity contribution in [3.8, 4) is 22.9 Å². The van der Waals surface area contributed by atoms with E-state index >= 15 is 0 Å². The molecule has 0 saturated heterocycles. The Morgan fingerprint density at radius 1 is 1.17 bits per heavy atom. The summed E-state index contributed by atoms with van der Waals surface area (Å²) < 4.78 is 5.67. The third-order valence-electron chi connectivity index (χ3n) is 4.14. The smallest absolute Gasteiger partial charge is 0.266 e. The first-order valence-electron chi connectivity index (χ1n) is 8.05. The van der Waals surface area contributed by atoms with Gasteiger partial charge in [0.2, 0.25) is 0 Å². The normalized spacial score (nSPS) is 13.5.